The summed E-state index contributed by atoms with van der Waals surface area (Å²) >= 11 is 6.01. The van der Waals surface area contributed by atoms with Crippen molar-refractivity contribution in [3.63, 3.8) is 0 Å². The van der Waals surface area contributed by atoms with Crippen molar-refractivity contribution >= 4 is 23.4 Å². The lowest BCUT2D eigenvalue weighted by molar-refractivity contribution is -0.123. The number of rotatable bonds is 4. The Balaban J connectivity index is 1.75. The first-order valence-electron chi connectivity index (χ1n) is 7.84. The van der Waals surface area contributed by atoms with Crippen molar-refractivity contribution in [2.45, 2.75) is 32.2 Å². The first kappa shape index (κ1) is 16.5. The van der Waals surface area contributed by atoms with Crippen molar-refractivity contribution < 1.29 is 14.1 Å². The first-order chi connectivity index (χ1) is 11.5. The highest BCUT2D eigenvalue weighted by atomic mass is 35.5. The van der Waals surface area contributed by atoms with Crippen molar-refractivity contribution in [3.05, 3.63) is 40.6 Å². The summed E-state index contributed by atoms with van der Waals surface area (Å²) < 4.78 is 5.20. The number of amides is 2. The molecule has 1 aromatic heterocycles. The van der Waals surface area contributed by atoms with Gasteiger partial charge in [-0.3, -0.25) is 9.59 Å². The monoisotopic (exact) mass is 347 g/mol. The number of halogens is 1. The lowest BCUT2D eigenvalue weighted by Crippen LogP contribution is -2.46. The van der Waals surface area contributed by atoms with Gasteiger partial charge < -0.3 is 15.2 Å². The van der Waals surface area contributed by atoms with Gasteiger partial charge in [0.2, 0.25) is 5.91 Å². The standard InChI is InChI=1S/C17H18ClN3O3/c1-10-15(16(21-24-10)11-4-2-5-12(18)8-11)17(23)19-9-13-6-3-7-14(22)20-13/h2,4-5,8,13H,3,6-7,9H2,1H3,(H,19,23)(H,20,22)/t13-/m1/s1. The van der Waals surface area contributed by atoms with Crippen LogP contribution in [-0.2, 0) is 4.79 Å². The van der Waals surface area contributed by atoms with Gasteiger partial charge in [0.1, 0.15) is 17.0 Å². The van der Waals surface area contributed by atoms with Gasteiger partial charge in [0.15, 0.2) is 0 Å². The number of carbonyl (C=O) groups excluding carboxylic acids is 2. The van der Waals surface area contributed by atoms with Crippen LogP contribution in [0.15, 0.2) is 28.8 Å². The quantitative estimate of drug-likeness (QED) is 0.890. The Kier molecular flexibility index (Phi) is 4.85. The molecule has 1 fully saturated rings. The van der Waals surface area contributed by atoms with Gasteiger partial charge in [-0.15, -0.1) is 0 Å². The van der Waals surface area contributed by atoms with Gasteiger partial charge in [0.05, 0.1) is 0 Å². The van der Waals surface area contributed by atoms with Gasteiger partial charge >= 0.3 is 0 Å². The second-order valence-corrected chi connectivity index (χ2v) is 6.28. The fraction of sp³-hybridized carbons (Fsp3) is 0.353. The summed E-state index contributed by atoms with van der Waals surface area (Å²) in [6.45, 7) is 2.07. The van der Waals surface area contributed by atoms with Crippen LogP contribution in [0.1, 0.15) is 35.4 Å². The fourth-order valence-corrected chi connectivity index (χ4v) is 3.00. The van der Waals surface area contributed by atoms with Crippen molar-refractivity contribution in [2.24, 2.45) is 0 Å². The fourth-order valence-electron chi connectivity index (χ4n) is 2.81. The van der Waals surface area contributed by atoms with Crippen molar-refractivity contribution in [1.29, 1.82) is 0 Å². The van der Waals surface area contributed by atoms with E-state index in [1.165, 1.54) is 0 Å². The number of hydrogen-bond acceptors (Lipinski definition) is 4. The Hall–Kier alpha value is -2.34. The molecule has 7 heteroatoms. The molecule has 1 saturated heterocycles. The van der Waals surface area contributed by atoms with Gasteiger partial charge in [-0.1, -0.05) is 28.9 Å². The van der Waals surface area contributed by atoms with Crippen LogP contribution in [0.3, 0.4) is 0 Å². The van der Waals surface area contributed by atoms with Crippen LogP contribution in [0.25, 0.3) is 11.3 Å². The molecule has 0 aliphatic carbocycles. The van der Waals surface area contributed by atoms with Gasteiger partial charge in [0, 0.05) is 29.6 Å². The molecule has 6 nitrogen and oxygen atoms in total. The van der Waals surface area contributed by atoms with E-state index >= 15 is 0 Å². The van der Waals surface area contributed by atoms with Gasteiger partial charge in [-0.2, -0.15) is 0 Å². The number of nitrogens with zero attached hydrogens (tertiary/aromatic N) is 1. The van der Waals surface area contributed by atoms with Gasteiger partial charge in [-0.05, 0) is 31.9 Å². The average molecular weight is 348 g/mol. The number of nitrogens with one attached hydrogen (secondary N) is 2. The predicted octanol–water partition coefficient (Wildman–Crippen LogP) is 2.70. The van der Waals surface area contributed by atoms with Crippen LogP contribution < -0.4 is 10.6 Å². The molecule has 0 saturated carbocycles. The third-order valence-electron chi connectivity index (χ3n) is 4.02. The Bertz CT molecular complexity index is 772. The van der Waals surface area contributed by atoms with Crippen LogP contribution in [0, 0.1) is 6.92 Å². The highest BCUT2D eigenvalue weighted by Gasteiger charge is 2.24. The molecule has 1 aliphatic heterocycles. The maximum absolute atomic E-state index is 12.6. The lowest BCUT2D eigenvalue weighted by Gasteiger charge is -2.23. The van der Waals surface area contributed by atoms with Crippen LogP contribution in [-0.4, -0.2) is 29.6 Å². The van der Waals surface area contributed by atoms with E-state index in [-0.39, 0.29) is 17.9 Å². The first-order valence-corrected chi connectivity index (χ1v) is 8.22. The van der Waals surface area contributed by atoms with Crippen LogP contribution >= 0.6 is 11.6 Å². The maximum Gasteiger partial charge on any atom is 0.257 e. The van der Waals surface area contributed by atoms with Crippen LogP contribution in [0.5, 0.6) is 0 Å². The lowest BCUT2D eigenvalue weighted by atomic mass is 10.0. The van der Waals surface area contributed by atoms with Crippen molar-refractivity contribution in [3.8, 4) is 11.3 Å². The van der Waals surface area contributed by atoms with Crippen molar-refractivity contribution in [2.75, 3.05) is 6.54 Å². The largest absolute Gasteiger partial charge is 0.360 e. The predicted molar refractivity (Wildman–Crippen MR) is 89.8 cm³/mol. The zero-order chi connectivity index (χ0) is 17.1. The second-order valence-electron chi connectivity index (χ2n) is 5.84. The Morgan fingerprint density at radius 3 is 3.08 bits per heavy atom. The van der Waals surface area contributed by atoms with Gasteiger partial charge in [-0.25, -0.2) is 0 Å². The van der Waals surface area contributed by atoms with Crippen molar-refractivity contribution in [1.82, 2.24) is 15.8 Å². The molecular formula is C17H18ClN3O3. The molecule has 1 aliphatic rings. The molecule has 0 unspecified atom stereocenters. The maximum atomic E-state index is 12.6. The zero-order valence-electron chi connectivity index (χ0n) is 13.3. The third kappa shape index (κ3) is 3.59. The minimum absolute atomic E-state index is 0.0290. The Labute approximate surface area is 144 Å². The van der Waals surface area contributed by atoms with E-state index in [1.54, 1.807) is 25.1 Å². The summed E-state index contributed by atoms with van der Waals surface area (Å²) in [5.74, 6) is 0.194. The molecule has 126 valence electrons. The molecule has 1 atom stereocenters. The highest BCUT2D eigenvalue weighted by Crippen LogP contribution is 2.27. The summed E-state index contributed by atoms with van der Waals surface area (Å²) in [5, 5.41) is 10.3. The minimum atomic E-state index is -0.274. The summed E-state index contributed by atoms with van der Waals surface area (Å²) in [4.78, 5) is 24.0. The number of carbonyl (C=O) groups is 2. The molecule has 2 amide bonds. The molecule has 2 N–H and O–H groups in total. The van der Waals surface area contributed by atoms with E-state index in [1.807, 2.05) is 6.07 Å². The highest BCUT2D eigenvalue weighted by molar-refractivity contribution is 6.30. The number of aryl methyl sites for hydroxylation is 1. The van der Waals surface area contributed by atoms with E-state index in [9.17, 15) is 9.59 Å². The topological polar surface area (TPSA) is 84.2 Å². The molecule has 0 radical (unpaired) electrons. The Morgan fingerprint density at radius 2 is 2.33 bits per heavy atom. The van der Waals surface area contributed by atoms with Crippen LogP contribution in [0.2, 0.25) is 5.02 Å². The molecule has 0 spiro atoms. The number of benzene rings is 1. The van der Waals surface area contributed by atoms with E-state index in [0.717, 1.165) is 18.4 Å². The molecule has 3 rings (SSSR count). The molecule has 1 aromatic carbocycles. The second kappa shape index (κ2) is 7.05. The van der Waals surface area contributed by atoms with E-state index in [2.05, 4.69) is 15.8 Å². The average Bonchev–Trinajstić information content (AvgIpc) is 2.94. The summed E-state index contributed by atoms with van der Waals surface area (Å²) in [6, 6.07) is 7.06. The smallest absolute Gasteiger partial charge is 0.257 e. The zero-order valence-corrected chi connectivity index (χ0v) is 14.0. The number of piperidine rings is 1. The number of aromatic nitrogens is 1. The van der Waals surface area contributed by atoms with E-state index in [4.69, 9.17) is 16.1 Å². The Morgan fingerprint density at radius 1 is 1.50 bits per heavy atom. The number of hydrogen-bond donors (Lipinski definition) is 2. The summed E-state index contributed by atoms with van der Waals surface area (Å²) in [7, 11) is 0. The molecule has 2 aromatic rings. The van der Waals surface area contributed by atoms with Gasteiger partial charge in [0.25, 0.3) is 5.91 Å². The molecule has 24 heavy (non-hydrogen) atoms. The van der Waals surface area contributed by atoms with E-state index in [0.29, 0.717) is 35.0 Å². The molecule has 2 heterocycles. The SMILES string of the molecule is Cc1onc(-c2cccc(Cl)c2)c1C(=O)NC[C@H]1CCCC(=O)N1. The normalized spacial score (nSPS) is 17.4. The molecule has 0 bridgehead atoms. The summed E-state index contributed by atoms with van der Waals surface area (Å²) in [6.07, 6.45) is 2.25. The minimum Gasteiger partial charge on any atom is -0.360 e. The van der Waals surface area contributed by atoms with Crippen LogP contribution in [0.4, 0.5) is 0 Å². The summed E-state index contributed by atoms with van der Waals surface area (Å²) in [5.41, 5.74) is 1.56. The van der Waals surface area contributed by atoms with E-state index < -0.39 is 0 Å². The third-order valence-corrected chi connectivity index (χ3v) is 4.25. The molecular weight excluding hydrogens is 330 g/mol.